The van der Waals surface area contributed by atoms with Gasteiger partial charge in [-0.2, -0.15) is 0 Å². The first-order valence-electron chi connectivity index (χ1n) is 5.75. The first-order valence-corrected chi connectivity index (χ1v) is 6.95. The number of aryl methyl sites for hydroxylation is 1. The predicted octanol–water partition coefficient (Wildman–Crippen LogP) is 4.33. The summed E-state index contributed by atoms with van der Waals surface area (Å²) in [6, 6.07) is 9.66. The molecule has 3 rings (SSSR count). The average Bonchev–Trinajstić information content (AvgIpc) is 2.84. The molecule has 0 aliphatic carbocycles. The zero-order valence-electron chi connectivity index (χ0n) is 10.5. The molecule has 0 saturated carbocycles. The van der Waals surface area contributed by atoms with E-state index in [1.54, 1.807) is 18.4 Å². The number of ether oxygens (including phenoxy) is 1. The number of benzene rings is 1. The van der Waals surface area contributed by atoms with Crippen molar-refractivity contribution >= 4 is 33.8 Å². The van der Waals surface area contributed by atoms with Crippen LogP contribution in [0.25, 0.3) is 21.6 Å². The van der Waals surface area contributed by atoms with Crippen molar-refractivity contribution in [2.45, 2.75) is 6.92 Å². The molecular weight excluding hydrogens is 280 g/mol. The molecule has 5 heteroatoms. The van der Waals surface area contributed by atoms with E-state index < -0.39 is 0 Å². The third-order valence-corrected chi connectivity index (χ3v) is 4.10. The lowest BCUT2D eigenvalue weighted by Crippen LogP contribution is -1.91. The van der Waals surface area contributed by atoms with Crippen LogP contribution in [0.5, 0.6) is 5.75 Å². The van der Waals surface area contributed by atoms with E-state index in [2.05, 4.69) is 16.9 Å². The Morgan fingerprint density at radius 1 is 1.16 bits per heavy atom. The van der Waals surface area contributed by atoms with Crippen LogP contribution in [0.15, 0.2) is 30.3 Å². The number of hydrogen-bond acceptors (Lipinski definition) is 4. The van der Waals surface area contributed by atoms with Gasteiger partial charge in [0.05, 0.1) is 17.5 Å². The minimum atomic E-state index is 0.466. The van der Waals surface area contributed by atoms with Crippen molar-refractivity contribution in [1.82, 2.24) is 9.97 Å². The summed E-state index contributed by atoms with van der Waals surface area (Å²) in [4.78, 5) is 11.2. The normalized spacial score (nSPS) is 10.9. The first kappa shape index (κ1) is 12.4. The number of thiophene rings is 1. The molecule has 2 heterocycles. The van der Waals surface area contributed by atoms with Crippen LogP contribution in [0.1, 0.15) is 4.88 Å². The van der Waals surface area contributed by atoms with E-state index >= 15 is 0 Å². The van der Waals surface area contributed by atoms with Gasteiger partial charge in [-0.15, -0.1) is 11.3 Å². The van der Waals surface area contributed by atoms with Crippen LogP contribution in [0, 0.1) is 6.92 Å². The van der Waals surface area contributed by atoms with Gasteiger partial charge in [-0.05, 0) is 31.2 Å². The molecule has 0 amide bonds. The van der Waals surface area contributed by atoms with Gasteiger partial charge in [0.25, 0.3) is 0 Å². The van der Waals surface area contributed by atoms with Crippen molar-refractivity contribution < 1.29 is 4.74 Å². The molecule has 2 aromatic heterocycles. The van der Waals surface area contributed by atoms with Crippen molar-refractivity contribution in [2.75, 3.05) is 7.11 Å². The summed E-state index contributed by atoms with van der Waals surface area (Å²) < 4.78 is 5.21. The molecule has 3 aromatic rings. The second-order valence-corrected chi connectivity index (χ2v) is 5.78. The summed E-state index contributed by atoms with van der Waals surface area (Å²) in [5.74, 6) is 1.42. The molecule has 96 valence electrons. The summed E-state index contributed by atoms with van der Waals surface area (Å²) in [5, 5.41) is 1.30. The third kappa shape index (κ3) is 2.29. The molecule has 19 heavy (non-hydrogen) atoms. The number of aromatic nitrogens is 2. The summed E-state index contributed by atoms with van der Waals surface area (Å²) in [7, 11) is 1.63. The highest BCUT2D eigenvalue weighted by molar-refractivity contribution is 7.15. The Bertz CT molecular complexity index is 754. The highest BCUT2D eigenvalue weighted by Gasteiger charge is 2.10. The SMILES string of the molecule is COc1ccc2c(Cl)nc(-c3ccc(C)s3)nc2c1. The zero-order valence-corrected chi connectivity index (χ0v) is 12.0. The van der Waals surface area contributed by atoms with Gasteiger partial charge < -0.3 is 4.74 Å². The first-order chi connectivity index (χ1) is 9.17. The number of fused-ring (bicyclic) bond motifs is 1. The van der Waals surface area contributed by atoms with Gasteiger partial charge in [0.1, 0.15) is 10.9 Å². The predicted molar refractivity (Wildman–Crippen MR) is 79.2 cm³/mol. The smallest absolute Gasteiger partial charge is 0.171 e. The van der Waals surface area contributed by atoms with E-state index in [9.17, 15) is 0 Å². The average molecular weight is 291 g/mol. The topological polar surface area (TPSA) is 35.0 Å². The number of nitrogens with zero attached hydrogens (tertiary/aromatic N) is 2. The maximum Gasteiger partial charge on any atom is 0.171 e. The highest BCUT2D eigenvalue weighted by Crippen LogP contribution is 2.30. The quantitative estimate of drug-likeness (QED) is 0.659. The van der Waals surface area contributed by atoms with Crippen LogP contribution in [-0.4, -0.2) is 17.1 Å². The maximum atomic E-state index is 6.23. The van der Waals surface area contributed by atoms with Crippen LogP contribution in [-0.2, 0) is 0 Å². The lowest BCUT2D eigenvalue weighted by atomic mass is 10.2. The molecule has 0 aliphatic heterocycles. The Balaban J connectivity index is 2.22. The minimum absolute atomic E-state index is 0.466. The molecule has 0 spiro atoms. The van der Waals surface area contributed by atoms with Gasteiger partial charge in [-0.25, -0.2) is 9.97 Å². The monoisotopic (exact) mass is 290 g/mol. The largest absolute Gasteiger partial charge is 0.497 e. The molecule has 0 N–H and O–H groups in total. The molecule has 0 fully saturated rings. The minimum Gasteiger partial charge on any atom is -0.497 e. The lowest BCUT2D eigenvalue weighted by molar-refractivity contribution is 0.415. The molecule has 0 unspecified atom stereocenters. The summed E-state index contributed by atoms with van der Waals surface area (Å²) in [5.41, 5.74) is 0.792. The van der Waals surface area contributed by atoms with Crippen LogP contribution in [0.2, 0.25) is 5.15 Å². The van der Waals surface area contributed by atoms with Gasteiger partial charge in [0, 0.05) is 16.3 Å². The fourth-order valence-corrected chi connectivity index (χ4v) is 2.90. The molecule has 1 aromatic carbocycles. The maximum absolute atomic E-state index is 6.23. The molecule has 0 saturated heterocycles. The summed E-state index contributed by atoms with van der Waals surface area (Å²) in [6.07, 6.45) is 0. The van der Waals surface area contributed by atoms with Gasteiger partial charge in [-0.1, -0.05) is 11.6 Å². The van der Waals surface area contributed by atoms with E-state index in [4.69, 9.17) is 16.3 Å². The van der Waals surface area contributed by atoms with E-state index in [1.165, 1.54) is 4.88 Å². The van der Waals surface area contributed by atoms with Crippen molar-refractivity contribution in [3.63, 3.8) is 0 Å². The van der Waals surface area contributed by atoms with Crippen LogP contribution in [0.3, 0.4) is 0 Å². The molecule has 3 nitrogen and oxygen atoms in total. The van der Waals surface area contributed by atoms with Gasteiger partial charge in [0.15, 0.2) is 5.82 Å². The highest BCUT2D eigenvalue weighted by atomic mass is 35.5. The Hall–Kier alpha value is -1.65. The fraction of sp³-hybridized carbons (Fsp3) is 0.143. The Labute approximate surface area is 119 Å². The Morgan fingerprint density at radius 3 is 2.68 bits per heavy atom. The van der Waals surface area contributed by atoms with Crippen LogP contribution >= 0.6 is 22.9 Å². The zero-order chi connectivity index (χ0) is 13.4. The number of hydrogen-bond donors (Lipinski definition) is 0. The van der Waals surface area contributed by atoms with Crippen molar-refractivity contribution in [3.05, 3.63) is 40.4 Å². The summed E-state index contributed by atoms with van der Waals surface area (Å²) >= 11 is 7.88. The van der Waals surface area contributed by atoms with Crippen molar-refractivity contribution in [1.29, 1.82) is 0 Å². The second-order valence-electron chi connectivity index (χ2n) is 4.13. The number of halogens is 1. The number of rotatable bonds is 2. The molecule has 0 bridgehead atoms. The lowest BCUT2D eigenvalue weighted by Gasteiger charge is -2.05. The summed E-state index contributed by atoms with van der Waals surface area (Å²) in [6.45, 7) is 2.06. The van der Waals surface area contributed by atoms with E-state index in [-0.39, 0.29) is 0 Å². The van der Waals surface area contributed by atoms with Crippen LogP contribution in [0.4, 0.5) is 0 Å². The Kier molecular flexibility index (Phi) is 3.12. The molecule has 0 radical (unpaired) electrons. The fourth-order valence-electron chi connectivity index (χ4n) is 1.86. The van der Waals surface area contributed by atoms with E-state index in [1.807, 2.05) is 30.3 Å². The molecule has 0 atom stereocenters. The van der Waals surface area contributed by atoms with E-state index in [0.717, 1.165) is 21.5 Å². The van der Waals surface area contributed by atoms with Crippen molar-refractivity contribution in [2.24, 2.45) is 0 Å². The second kappa shape index (κ2) is 4.79. The molecule has 0 aliphatic rings. The Morgan fingerprint density at radius 2 is 2.00 bits per heavy atom. The molecular formula is C14H11ClN2OS. The third-order valence-electron chi connectivity index (χ3n) is 2.82. The van der Waals surface area contributed by atoms with Gasteiger partial charge in [-0.3, -0.25) is 0 Å². The van der Waals surface area contributed by atoms with Crippen LogP contribution < -0.4 is 4.74 Å². The number of methoxy groups -OCH3 is 1. The van der Waals surface area contributed by atoms with E-state index in [0.29, 0.717) is 11.0 Å². The standard InChI is InChI=1S/C14H11ClN2OS/c1-8-3-6-12(19-8)14-16-11-7-9(18-2)4-5-10(11)13(15)17-14/h3-7H,1-2H3. The van der Waals surface area contributed by atoms with Gasteiger partial charge in [0.2, 0.25) is 0 Å². The van der Waals surface area contributed by atoms with Gasteiger partial charge >= 0.3 is 0 Å². The van der Waals surface area contributed by atoms with Crippen molar-refractivity contribution in [3.8, 4) is 16.5 Å².